The number of ketones is 1. The molecule has 1 aromatic heterocycles. The summed E-state index contributed by atoms with van der Waals surface area (Å²) in [6.45, 7) is 3.91. The normalized spacial score (nSPS) is 22.9. The third-order valence-corrected chi connectivity index (χ3v) is 5.05. The van der Waals surface area contributed by atoms with Gasteiger partial charge in [-0.1, -0.05) is 36.2 Å². The van der Waals surface area contributed by atoms with Crippen LogP contribution in [-0.2, 0) is 4.79 Å². The van der Waals surface area contributed by atoms with Crippen LogP contribution < -0.4 is 5.32 Å². The van der Waals surface area contributed by atoms with Crippen LogP contribution in [0.3, 0.4) is 0 Å². The number of anilines is 1. The fraction of sp³-hybridized carbons (Fsp3) is 0.353. The molecule has 2 aromatic rings. The molecule has 2 aliphatic rings. The van der Waals surface area contributed by atoms with Gasteiger partial charge in [0, 0.05) is 33.3 Å². The number of fused-ring (bicyclic) bond motifs is 1. The second kappa shape index (κ2) is 5.60. The van der Waals surface area contributed by atoms with Crippen molar-refractivity contribution in [2.24, 2.45) is 5.92 Å². The van der Waals surface area contributed by atoms with Crippen LogP contribution in [0.15, 0.2) is 29.5 Å². The van der Waals surface area contributed by atoms with Gasteiger partial charge in [0.2, 0.25) is 5.95 Å². The third-order valence-electron chi connectivity index (χ3n) is 4.49. The number of aryl methyl sites for hydroxylation is 1. The molecule has 0 radical (unpaired) electrons. The van der Waals surface area contributed by atoms with E-state index >= 15 is 0 Å². The summed E-state index contributed by atoms with van der Waals surface area (Å²) in [5.74, 6) is 1.73. The summed E-state index contributed by atoms with van der Waals surface area (Å²) in [7, 11) is 0. The highest BCUT2D eigenvalue weighted by atomic mass is 35.5. The molecule has 124 valence electrons. The van der Waals surface area contributed by atoms with Gasteiger partial charge in [-0.25, -0.2) is 4.68 Å². The van der Waals surface area contributed by atoms with E-state index < -0.39 is 0 Å². The Hall–Kier alpha value is -1.85. The molecule has 1 aliphatic carbocycles. The fourth-order valence-electron chi connectivity index (χ4n) is 3.52. The van der Waals surface area contributed by atoms with Gasteiger partial charge in [-0.3, -0.25) is 4.79 Å². The van der Waals surface area contributed by atoms with Gasteiger partial charge in [-0.2, -0.15) is 10.1 Å². The van der Waals surface area contributed by atoms with Crippen molar-refractivity contribution >= 4 is 34.9 Å². The second-order valence-electron chi connectivity index (χ2n) is 6.45. The number of hydrogen-bond acceptors (Lipinski definition) is 4. The molecule has 0 amide bonds. The molecule has 0 unspecified atom stereocenters. The Morgan fingerprint density at radius 3 is 2.83 bits per heavy atom. The summed E-state index contributed by atoms with van der Waals surface area (Å²) in [6, 6.07) is 4.96. The minimum atomic E-state index is -0.373. The number of benzene rings is 1. The molecule has 0 saturated heterocycles. The standard InChI is InChI=1S/C17H16Cl2N4O/c1-8-5-13-15(14(24)6-8)16(11-4-3-10(18)7-12(11)19)23-17(21-13)20-9(2)22-23/h3-4,7-8,16H,5-6H2,1-2H3,(H,20,21,22)/t8-,16+/m0/s1. The number of rotatable bonds is 1. The Bertz CT molecular complexity index is 887. The summed E-state index contributed by atoms with van der Waals surface area (Å²) in [6.07, 6.45) is 1.35. The SMILES string of the molecule is Cc1nc2n(n1)[C@H](c1ccc(Cl)cc1Cl)C1=C(C[C@H](C)CC1=O)N2. The molecule has 7 heteroatoms. The summed E-state index contributed by atoms with van der Waals surface area (Å²) in [5.41, 5.74) is 2.47. The first kappa shape index (κ1) is 15.7. The van der Waals surface area contributed by atoms with Gasteiger partial charge in [0.25, 0.3) is 0 Å². The van der Waals surface area contributed by atoms with E-state index in [1.54, 1.807) is 16.8 Å². The van der Waals surface area contributed by atoms with Crippen molar-refractivity contribution in [1.29, 1.82) is 0 Å². The Morgan fingerprint density at radius 1 is 1.29 bits per heavy atom. The van der Waals surface area contributed by atoms with Gasteiger partial charge in [0.05, 0.1) is 0 Å². The van der Waals surface area contributed by atoms with E-state index in [4.69, 9.17) is 23.2 Å². The highest BCUT2D eigenvalue weighted by Crippen LogP contribution is 2.43. The van der Waals surface area contributed by atoms with E-state index in [0.717, 1.165) is 23.3 Å². The van der Waals surface area contributed by atoms with Crippen LogP contribution in [0.25, 0.3) is 0 Å². The number of allylic oxidation sites excluding steroid dienone is 2. The van der Waals surface area contributed by atoms with Gasteiger partial charge >= 0.3 is 0 Å². The quantitative estimate of drug-likeness (QED) is 0.827. The molecule has 24 heavy (non-hydrogen) atoms. The number of Topliss-reactive ketones (excluding diaryl/α,β-unsaturated/α-hetero) is 1. The molecule has 0 saturated carbocycles. The topological polar surface area (TPSA) is 59.8 Å². The van der Waals surface area contributed by atoms with Gasteiger partial charge in [0.1, 0.15) is 11.9 Å². The minimum Gasteiger partial charge on any atom is -0.328 e. The van der Waals surface area contributed by atoms with Gasteiger partial charge < -0.3 is 5.32 Å². The Labute approximate surface area is 149 Å². The van der Waals surface area contributed by atoms with Crippen molar-refractivity contribution in [3.63, 3.8) is 0 Å². The molecule has 2 heterocycles. The van der Waals surface area contributed by atoms with Crippen molar-refractivity contribution < 1.29 is 4.79 Å². The van der Waals surface area contributed by atoms with Crippen molar-refractivity contribution in [3.05, 3.63) is 50.9 Å². The van der Waals surface area contributed by atoms with Crippen molar-refractivity contribution in [2.45, 2.75) is 32.7 Å². The minimum absolute atomic E-state index is 0.131. The number of aromatic nitrogens is 3. The Balaban J connectivity index is 1.95. The first-order chi connectivity index (χ1) is 11.4. The maximum atomic E-state index is 12.8. The zero-order chi connectivity index (χ0) is 17.0. The predicted octanol–water partition coefficient (Wildman–Crippen LogP) is 4.16. The smallest absolute Gasteiger partial charge is 0.226 e. The number of nitrogens with one attached hydrogen (secondary N) is 1. The summed E-state index contributed by atoms with van der Waals surface area (Å²) in [4.78, 5) is 17.2. The van der Waals surface area contributed by atoms with E-state index in [9.17, 15) is 4.79 Å². The molecule has 1 aromatic carbocycles. The van der Waals surface area contributed by atoms with Gasteiger partial charge in [-0.15, -0.1) is 0 Å². The van der Waals surface area contributed by atoms with E-state index in [2.05, 4.69) is 22.3 Å². The average Bonchev–Trinajstić information content (AvgIpc) is 2.85. The van der Waals surface area contributed by atoms with Crippen LogP contribution in [0.4, 0.5) is 5.95 Å². The maximum absolute atomic E-state index is 12.8. The van der Waals surface area contributed by atoms with E-state index in [1.165, 1.54) is 0 Å². The average molecular weight is 363 g/mol. The largest absolute Gasteiger partial charge is 0.328 e. The highest BCUT2D eigenvalue weighted by Gasteiger charge is 2.39. The maximum Gasteiger partial charge on any atom is 0.226 e. The van der Waals surface area contributed by atoms with Crippen molar-refractivity contribution in [2.75, 3.05) is 5.32 Å². The van der Waals surface area contributed by atoms with E-state index in [0.29, 0.717) is 34.2 Å². The zero-order valence-corrected chi connectivity index (χ0v) is 14.8. The molecular weight excluding hydrogens is 347 g/mol. The molecule has 0 fully saturated rings. The Kier molecular flexibility index (Phi) is 3.66. The summed E-state index contributed by atoms with van der Waals surface area (Å²) < 4.78 is 1.75. The molecule has 2 atom stereocenters. The number of carbonyl (C=O) groups excluding carboxylic acids is 1. The summed E-state index contributed by atoms with van der Waals surface area (Å²) in [5, 5.41) is 8.85. The van der Waals surface area contributed by atoms with E-state index in [-0.39, 0.29) is 11.8 Å². The lowest BCUT2D eigenvalue weighted by molar-refractivity contribution is -0.117. The first-order valence-corrected chi connectivity index (χ1v) is 8.61. The molecular formula is C17H16Cl2N4O. The highest BCUT2D eigenvalue weighted by molar-refractivity contribution is 6.35. The molecule has 4 rings (SSSR count). The lowest BCUT2D eigenvalue weighted by Gasteiger charge is -2.34. The van der Waals surface area contributed by atoms with Crippen molar-refractivity contribution in [1.82, 2.24) is 14.8 Å². The number of hydrogen-bond donors (Lipinski definition) is 1. The van der Waals surface area contributed by atoms with Crippen LogP contribution in [0.5, 0.6) is 0 Å². The fourth-order valence-corrected chi connectivity index (χ4v) is 4.04. The monoisotopic (exact) mass is 362 g/mol. The van der Waals surface area contributed by atoms with Crippen LogP contribution >= 0.6 is 23.2 Å². The number of carbonyl (C=O) groups is 1. The Morgan fingerprint density at radius 2 is 2.08 bits per heavy atom. The predicted molar refractivity (Wildman–Crippen MR) is 93.4 cm³/mol. The summed E-state index contributed by atoms with van der Waals surface area (Å²) >= 11 is 12.5. The number of nitrogens with zero attached hydrogens (tertiary/aromatic N) is 3. The number of halogens is 2. The lowest BCUT2D eigenvalue weighted by atomic mass is 9.81. The first-order valence-electron chi connectivity index (χ1n) is 7.85. The van der Waals surface area contributed by atoms with Crippen LogP contribution in [0.1, 0.15) is 37.2 Å². The second-order valence-corrected chi connectivity index (χ2v) is 7.29. The van der Waals surface area contributed by atoms with Gasteiger partial charge in [-0.05, 0) is 31.4 Å². The van der Waals surface area contributed by atoms with Crippen LogP contribution in [-0.4, -0.2) is 20.5 Å². The van der Waals surface area contributed by atoms with E-state index in [1.807, 2.05) is 13.0 Å². The zero-order valence-electron chi connectivity index (χ0n) is 13.3. The molecule has 0 bridgehead atoms. The van der Waals surface area contributed by atoms with Crippen molar-refractivity contribution in [3.8, 4) is 0 Å². The van der Waals surface area contributed by atoms with Gasteiger partial charge in [0.15, 0.2) is 5.78 Å². The van der Waals surface area contributed by atoms with Crippen LogP contribution in [0, 0.1) is 12.8 Å². The molecule has 5 nitrogen and oxygen atoms in total. The molecule has 1 aliphatic heterocycles. The molecule has 1 N–H and O–H groups in total. The third kappa shape index (κ3) is 2.43. The molecule has 0 spiro atoms. The van der Waals surface area contributed by atoms with Crippen LogP contribution in [0.2, 0.25) is 10.0 Å². The lowest BCUT2D eigenvalue weighted by Crippen LogP contribution is -2.33.